The fourth-order valence-electron chi connectivity index (χ4n) is 1.58. The van der Waals surface area contributed by atoms with Gasteiger partial charge >= 0.3 is 0 Å². The molecule has 0 heterocycles. The summed E-state index contributed by atoms with van der Waals surface area (Å²) >= 11 is 0. The molecule has 0 amide bonds. The molecule has 42 valence electrons. The number of allylic oxidation sites excluding steroid dienone is 4. The highest BCUT2D eigenvalue weighted by atomic mass is 14.2. The molecular weight excluding hydrogens is 96.1 g/mol. The van der Waals surface area contributed by atoms with Crippen molar-refractivity contribution in [2.45, 2.75) is 19.3 Å². The molecule has 1 unspecified atom stereocenters. The standard InChI is InChI=1S/C8H10/c1-2-7-4-5-8(3-1)6-7/h1-3,7H,4-6H2. The van der Waals surface area contributed by atoms with E-state index in [-0.39, 0.29) is 0 Å². The maximum atomic E-state index is 2.33. The predicted molar refractivity (Wildman–Crippen MR) is 34.6 cm³/mol. The van der Waals surface area contributed by atoms with E-state index >= 15 is 0 Å². The average molecular weight is 106 g/mol. The summed E-state index contributed by atoms with van der Waals surface area (Å²) < 4.78 is 0. The van der Waals surface area contributed by atoms with E-state index < -0.39 is 0 Å². The van der Waals surface area contributed by atoms with Crippen LogP contribution in [0.25, 0.3) is 0 Å². The topological polar surface area (TPSA) is 0 Å². The van der Waals surface area contributed by atoms with Gasteiger partial charge in [0.25, 0.3) is 0 Å². The second-order valence-electron chi connectivity index (χ2n) is 2.71. The first-order valence-electron chi connectivity index (χ1n) is 3.31. The second-order valence-corrected chi connectivity index (χ2v) is 2.71. The van der Waals surface area contributed by atoms with Gasteiger partial charge in [-0.1, -0.05) is 23.8 Å². The first-order valence-corrected chi connectivity index (χ1v) is 3.31. The van der Waals surface area contributed by atoms with Crippen LogP contribution in [0.15, 0.2) is 23.8 Å². The zero-order chi connectivity index (χ0) is 5.40. The van der Waals surface area contributed by atoms with Gasteiger partial charge in [0.2, 0.25) is 0 Å². The van der Waals surface area contributed by atoms with Gasteiger partial charge in [0.05, 0.1) is 0 Å². The Balaban J connectivity index is 2.34. The minimum absolute atomic E-state index is 0.912. The van der Waals surface area contributed by atoms with Gasteiger partial charge in [-0.3, -0.25) is 0 Å². The van der Waals surface area contributed by atoms with Gasteiger partial charge in [-0.25, -0.2) is 0 Å². The van der Waals surface area contributed by atoms with E-state index in [4.69, 9.17) is 0 Å². The summed E-state index contributed by atoms with van der Waals surface area (Å²) in [6, 6.07) is 0. The number of fused-ring (bicyclic) bond motifs is 2. The number of hydrogen-bond donors (Lipinski definition) is 0. The molecule has 0 nitrogen and oxygen atoms in total. The van der Waals surface area contributed by atoms with Crippen molar-refractivity contribution >= 4 is 0 Å². The van der Waals surface area contributed by atoms with Crippen molar-refractivity contribution in [2.24, 2.45) is 5.92 Å². The normalized spacial score (nSPS) is 33.0. The van der Waals surface area contributed by atoms with Crippen LogP contribution in [-0.4, -0.2) is 0 Å². The lowest BCUT2D eigenvalue weighted by molar-refractivity contribution is 0.691. The van der Waals surface area contributed by atoms with E-state index in [1.54, 1.807) is 5.57 Å². The third-order valence-corrected chi connectivity index (χ3v) is 2.08. The van der Waals surface area contributed by atoms with Gasteiger partial charge < -0.3 is 0 Å². The quantitative estimate of drug-likeness (QED) is 0.444. The summed E-state index contributed by atoms with van der Waals surface area (Å²) in [6.45, 7) is 0. The molecule has 0 heteroatoms. The lowest BCUT2D eigenvalue weighted by atomic mass is 10.0. The van der Waals surface area contributed by atoms with Gasteiger partial charge in [-0.15, -0.1) is 0 Å². The van der Waals surface area contributed by atoms with Crippen LogP contribution in [0.2, 0.25) is 0 Å². The molecule has 2 rings (SSSR count). The predicted octanol–water partition coefficient (Wildman–Crippen LogP) is 2.28. The molecular formula is C8H10. The molecule has 1 atom stereocenters. The van der Waals surface area contributed by atoms with E-state index in [9.17, 15) is 0 Å². The average Bonchev–Trinajstić information content (AvgIpc) is 2.12. The monoisotopic (exact) mass is 106 g/mol. The second kappa shape index (κ2) is 1.48. The van der Waals surface area contributed by atoms with Crippen LogP contribution in [0, 0.1) is 5.92 Å². The van der Waals surface area contributed by atoms with Crippen molar-refractivity contribution in [3.63, 3.8) is 0 Å². The molecule has 0 aromatic heterocycles. The Hall–Kier alpha value is -0.520. The van der Waals surface area contributed by atoms with Gasteiger partial charge in [0.15, 0.2) is 0 Å². The molecule has 0 N–H and O–H groups in total. The largest absolute Gasteiger partial charge is 0.0811 e. The molecule has 2 aliphatic rings. The lowest BCUT2D eigenvalue weighted by Gasteiger charge is -2.01. The van der Waals surface area contributed by atoms with Crippen molar-refractivity contribution in [2.75, 3.05) is 0 Å². The minimum atomic E-state index is 0.912. The zero-order valence-corrected chi connectivity index (χ0v) is 4.93. The minimum Gasteiger partial charge on any atom is -0.0811 e. The summed E-state index contributed by atoms with van der Waals surface area (Å²) in [4.78, 5) is 0. The molecule has 0 aliphatic heterocycles. The molecule has 0 radical (unpaired) electrons. The molecule has 2 aliphatic carbocycles. The van der Waals surface area contributed by atoms with E-state index in [0.29, 0.717) is 0 Å². The van der Waals surface area contributed by atoms with E-state index in [0.717, 1.165) is 5.92 Å². The smallest absolute Gasteiger partial charge is 0.0190 e. The zero-order valence-electron chi connectivity index (χ0n) is 4.93. The fraction of sp³-hybridized carbons (Fsp3) is 0.500. The van der Waals surface area contributed by atoms with Crippen molar-refractivity contribution in [3.05, 3.63) is 23.8 Å². The van der Waals surface area contributed by atoms with Crippen LogP contribution in [0.4, 0.5) is 0 Å². The molecule has 0 saturated heterocycles. The van der Waals surface area contributed by atoms with Gasteiger partial charge in [-0.05, 0) is 25.2 Å². The highest BCUT2D eigenvalue weighted by Crippen LogP contribution is 2.33. The number of rotatable bonds is 0. The van der Waals surface area contributed by atoms with Gasteiger partial charge in [0.1, 0.15) is 0 Å². The van der Waals surface area contributed by atoms with E-state index in [1.165, 1.54) is 19.3 Å². The Kier molecular flexibility index (Phi) is 0.806. The summed E-state index contributed by atoms with van der Waals surface area (Å²) in [6.07, 6.45) is 10.9. The Morgan fingerprint density at radius 3 is 3.25 bits per heavy atom. The first kappa shape index (κ1) is 4.37. The summed E-state index contributed by atoms with van der Waals surface area (Å²) in [5.41, 5.74) is 1.66. The summed E-state index contributed by atoms with van der Waals surface area (Å²) in [5.74, 6) is 0.912. The molecule has 1 fully saturated rings. The third kappa shape index (κ3) is 0.525. The van der Waals surface area contributed by atoms with Crippen LogP contribution in [0.1, 0.15) is 19.3 Å². The van der Waals surface area contributed by atoms with Gasteiger partial charge in [-0.2, -0.15) is 0 Å². The van der Waals surface area contributed by atoms with Crippen molar-refractivity contribution in [3.8, 4) is 0 Å². The molecule has 1 saturated carbocycles. The van der Waals surface area contributed by atoms with Crippen molar-refractivity contribution < 1.29 is 0 Å². The molecule has 0 aromatic carbocycles. The summed E-state index contributed by atoms with van der Waals surface area (Å²) in [5, 5.41) is 0. The Morgan fingerprint density at radius 2 is 2.50 bits per heavy atom. The fourth-order valence-corrected chi connectivity index (χ4v) is 1.58. The van der Waals surface area contributed by atoms with Crippen molar-refractivity contribution in [1.29, 1.82) is 0 Å². The SMILES string of the molecule is C1=CC2CCC(=C1)C2. The maximum absolute atomic E-state index is 2.33. The van der Waals surface area contributed by atoms with E-state index in [1.807, 2.05) is 0 Å². The number of hydrogen-bond acceptors (Lipinski definition) is 0. The summed E-state index contributed by atoms with van der Waals surface area (Å²) in [7, 11) is 0. The third-order valence-electron chi connectivity index (χ3n) is 2.08. The Labute approximate surface area is 49.9 Å². The van der Waals surface area contributed by atoms with E-state index in [2.05, 4.69) is 18.2 Å². The molecule has 0 aromatic rings. The molecule has 0 spiro atoms. The van der Waals surface area contributed by atoms with Crippen LogP contribution >= 0.6 is 0 Å². The molecule has 2 bridgehead atoms. The first-order chi connectivity index (χ1) is 3.95. The highest BCUT2D eigenvalue weighted by molar-refractivity contribution is 5.23. The van der Waals surface area contributed by atoms with Crippen LogP contribution in [0.5, 0.6) is 0 Å². The maximum Gasteiger partial charge on any atom is -0.0190 e. The molecule has 8 heavy (non-hydrogen) atoms. The van der Waals surface area contributed by atoms with Crippen LogP contribution in [0.3, 0.4) is 0 Å². The van der Waals surface area contributed by atoms with Crippen LogP contribution < -0.4 is 0 Å². The highest BCUT2D eigenvalue weighted by Gasteiger charge is 2.17. The van der Waals surface area contributed by atoms with Crippen molar-refractivity contribution in [1.82, 2.24) is 0 Å². The Morgan fingerprint density at radius 1 is 1.50 bits per heavy atom. The van der Waals surface area contributed by atoms with Gasteiger partial charge in [0, 0.05) is 0 Å². The Bertz CT molecular complexity index is 151. The van der Waals surface area contributed by atoms with Crippen LogP contribution in [-0.2, 0) is 0 Å². The lowest BCUT2D eigenvalue weighted by Crippen LogP contribution is -1.87.